The lowest BCUT2D eigenvalue weighted by Gasteiger charge is -2.32. The van der Waals surface area contributed by atoms with Crippen molar-refractivity contribution in [3.63, 3.8) is 0 Å². The van der Waals surface area contributed by atoms with Gasteiger partial charge < -0.3 is 20.7 Å². The lowest BCUT2D eigenvalue weighted by Crippen LogP contribution is -2.54. The number of ether oxygens (including phenoxy) is 1. The van der Waals surface area contributed by atoms with Gasteiger partial charge in [0.25, 0.3) is 11.6 Å². The Morgan fingerprint density at radius 2 is 1.70 bits per heavy atom. The maximum absolute atomic E-state index is 12.9. The molecule has 37 heavy (non-hydrogen) atoms. The molecule has 1 aliphatic carbocycles. The predicted molar refractivity (Wildman–Crippen MR) is 141 cm³/mol. The molecular formula is C26H29N5O5S. The largest absolute Gasteiger partial charge is 0.486 e. The van der Waals surface area contributed by atoms with E-state index in [9.17, 15) is 19.7 Å². The summed E-state index contributed by atoms with van der Waals surface area (Å²) in [5.41, 5.74) is 2.95. The number of nitro groups is 1. The lowest BCUT2D eigenvalue weighted by molar-refractivity contribution is -0.384. The highest BCUT2D eigenvalue weighted by atomic mass is 32.1. The molecule has 11 heteroatoms. The monoisotopic (exact) mass is 523 g/mol. The number of hydrogen-bond donors (Lipinski definition) is 3. The SMILES string of the molecule is Cc1cc(C)cc(OCc2nc(C(=O)N[C@@H]3CCCC[C@H]3NC(=O)Nc3ccc([N+](=O)[O-])cc3)cs2)c1. The van der Waals surface area contributed by atoms with Crippen LogP contribution in [0.3, 0.4) is 0 Å². The molecule has 1 aromatic heterocycles. The molecule has 3 aromatic rings. The van der Waals surface area contributed by atoms with Crippen LogP contribution in [0.15, 0.2) is 47.8 Å². The molecule has 3 N–H and O–H groups in total. The number of aryl methyl sites for hydroxylation is 2. The van der Waals surface area contributed by atoms with E-state index in [0.29, 0.717) is 16.4 Å². The second-order valence-corrected chi connectivity index (χ2v) is 10.1. The third-order valence-corrected chi connectivity index (χ3v) is 6.90. The van der Waals surface area contributed by atoms with Crippen LogP contribution in [0, 0.1) is 24.0 Å². The Kier molecular flexibility index (Phi) is 8.34. The maximum Gasteiger partial charge on any atom is 0.319 e. The minimum atomic E-state index is -0.498. The molecule has 0 radical (unpaired) electrons. The van der Waals surface area contributed by atoms with Crippen molar-refractivity contribution >= 4 is 34.6 Å². The first-order valence-electron chi connectivity index (χ1n) is 12.0. The number of rotatable bonds is 8. The summed E-state index contributed by atoms with van der Waals surface area (Å²) in [5.74, 6) is 0.477. The van der Waals surface area contributed by atoms with E-state index in [0.717, 1.165) is 42.6 Å². The normalized spacial score (nSPS) is 17.0. The second kappa shape index (κ2) is 11.8. The summed E-state index contributed by atoms with van der Waals surface area (Å²) >= 11 is 1.36. The zero-order valence-electron chi connectivity index (χ0n) is 20.7. The van der Waals surface area contributed by atoms with Gasteiger partial charge in [0.15, 0.2) is 0 Å². The number of nitro benzene ring substituents is 1. The van der Waals surface area contributed by atoms with E-state index in [2.05, 4.69) is 27.0 Å². The van der Waals surface area contributed by atoms with Gasteiger partial charge in [-0.1, -0.05) is 18.9 Å². The first kappa shape index (κ1) is 26.1. The van der Waals surface area contributed by atoms with Gasteiger partial charge in [-0.15, -0.1) is 11.3 Å². The number of amides is 3. The molecule has 194 valence electrons. The molecule has 3 amide bonds. The molecule has 0 aliphatic heterocycles. The van der Waals surface area contributed by atoms with Gasteiger partial charge in [0, 0.05) is 29.2 Å². The van der Waals surface area contributed by atoms with Gasteiger partial charge in [-0.2, -0.15) is 0 Å². The molecule has 1 aliphatic rings. The van der Waals surface area contributed by atoms with Crippen LogP contribution in [-0.2, 0) is 6.61 Å². The number of carbonyl (C=O) groups is 2. The molecular weight excluding hydrogens is 494 g/mol. The maximum atomic E-state index is 12.9. The van der Waals surface area contributed by atoms with Crippen LogP contribution >= 0.6 is 11.3 Å². The van der Waals surface area contributed by atoms with E-state index in [1.165, 1.54) is 35.6 Å². The smallest absolute Gasteiger partial charge is 0.319 e. The Hall–Kier alpha value is -3.99. The number of urea groups is 1. The quantitative estimate of drug-likeness (QED) is 0.277. The fraction of sp³-hybridized carbons (Fsp3) is 0.346. The fourth-order valence-electron chi connectivity index (χ4n) is 4.36. The topological polar surface area (TPSA) is 135 Å². The number of aromatic nitrogens is 1. The first-order valence-corrected chi connectivity index (χ1v) is 12.9. The number of hydrogen-bond acceptors (Lipinski definition) is 7. The van der Waals surface area contributed by atoms with Gasteiger partial charge in [0.2, 0.25) is 0 Å². The standard InChI is InChI=1S/C26H29N5O5S/c1-16-11-17(2)13-20(12-16)36-14-24-28-23(15-37-24)25(32)29-21-5-3-4-6-22(21)30-26(33)27-18-7-9-19(10-8-18)31(34)35/h7-13,15,21-22H,3-6,14H2,1-2H3,(H,29,32)(H2,27,30,33)/t21-,22-/m1/s1. The van der Waals surface area contributed by atoms with E-state index in [1.807, 2.05) is 26.0 Å². The van der Waals surface area contributed by atoms with Crippen molar-refractivity contribution in [2.45, 2.75) is 58.2 Å². The van der Waals surface area contributed by atoms with Gasteiger partial charge in [-0.25, -0.2) is 9.78 Å². The Labute approximate surface area is 218 Å². The zero-order chi connectivity index (χ0) is 26.4. The van der Waals surface area contributed by atoms with Crippen LogP contribution in [-0.4, -0.2) is 33.9 Å². The minimum Gasteiger partial charge on any atom is -0.486 e. The predicted octanol–water partition coefficient (Wildman–Crippen LogP) is 5.11. The number of nitrogens with one attached hydrogen (secondary N) is 3. The van der Waals surface area contributed by atoms with Crippen molar-refractivity contribution < 1.29 is 19.2 Å². The van der Waals surface area contributed by atoms with Crippen LogP contribution in [0.4, 0.5) is 16.2 Å². The average Bonchev–Trinajstić information content (AvgIpc) is 3.33. The molecule has 1 heterocycles. The van der Waals surface area contributed by atoms with Crippen LogP contribution < -0.4 is 20.7 Å². The summed E-state index contributed by atoms with van der Waals surface area (Å²) in [5, 5.41) is 21.8. The molecule has 4 rings (SSSR count). The number of carbonyl (C=O) groups excluding carboxylic acids is 2. The second-order valence-electron chi connectivity index (χ2n) is 9.11. The Bertz CT molecular complexity index is 1260. The van der Waals surface area contributed by atoms with Crippen molar-refractivity contribution in [3.05, 3.63) is 79.8 Å². The molecule has 0 saturated heterocycles. The lowest BCUT2D eigenvalue weighted by atomic mass is 9.90. The summed E-state index contributed by atoms with van der Waals surface area (Å²) in [4.78, 5) is 40.2. The summed E-state index contributed by atoms with van der Waals surface area (Å²) in [7, 11) is 0. The Morgan fingerprint density at radius 1 is 1.05 bits per heavy atom. The van der Waals surface area contributed by atoms with Crippen molar-refractivity contribution in [3.8, 4) is 5.75 Å². The summed E-state index contributed by atoms with van der Waals surface area (Å²) < 4.78 is 5.85. The fourth-order valence-corrected chi connectivity index (χ4v) is 5.05. The minimum absolute atomic E-state index is 0.0527. The van der Waals surface area contributed by atoms with E-state index in [1.54, 1.807) is 5.38 Å². The van der Waals surface area contributed by atoms with E-state index in [-0.39, 0.29) is 30.3 Å². The molecule has 2 atom stereocenters. The zero-order valence-corrected chi connectivity index (χ0v) is 21.5. The Morgan fingerprint density at radius 3 is 2.35 bits per heavy atom. The molecule has 0 unspecified atom stereocenters. The van der Waals surface area contributed by atoms with Crippen molar-refractivity contribution in [2.75, 3.05) is 5.32 Å². The number of anilines is 1. The average molecular weight is 524 g/mol. The third-order valence-electron chi connectivity index (χ3n) is 6.08. The van der Waals surface area contributed by atoms with Crippen molar-refractivity contribution in [1.29, 1.82) is 0 Å². The molecule has 10 nitrogen and oxygen atoms in total. The van der Waals surface area contributed by atoms with Gasteiger partial charge in [-0.3, -0.25) is 14.9 Å². The molecule has 2 aromatic carbocycles. The van der Waals surface area contributed by atoms with Gasteiger partial charge in [0.1, 0.15) is 23.1 Å². The highest BCUT2D eigenvalue weighted by molar-refractivity contribution is 7.09. The highest BCUT2D eigenvalue weighted by Gasteiger charge is 2.29. The molecule has 1 fully saturated rings. The molecule has 0 bridgehead atoms. The molecule has 0 spiro atoms. The third kappa shape index (κ3) is 7.26. The van der Waals surface area contributed by atoms with E-state index < -0.39 is 11.0 Å². The van der Waals surface area contributed by atoms with Gasteiger partial charge >= 0.3 is 6.03 Å². The van der Waals surface area contributed by atoms with E-state index in [4.69, 9.17) is 4.74 Å². The van der Waals surface area contributed by atoms with Crippen LogP contribution in [0.5, 0.6) is 5.75 Å². The highest BCUT2D eigenvalue weighted by Crippen LogP contribution is 2.22. The number of thiazole rings is 1. The number of non-ortho nitro benzene ring substituents is 1. The van der Waals surface area contributed by atoms with Gasteiger partial charge in [0.05, 0.1) is 11.0 Å². The molecule has 1 saturated carbocycles. The van der Waals surface area contributed by atoms with E-state index >= 15 is 0 Å². The van der Waals surface area contributed by atoms with Crippen molar-refractivity contribution in [2.24, 2.45) is 0 Å². The summed E-state index contributed by atoms with van der Waals surface area (Å²) in [6.07, 6.45) is 3.34. The summed E-state index contributed by atoms with van der Waals surface area (Å²) in [6.45, 7) is 4.30. The van der Waals surface area contributed by atoms with Crippen LogP contribution in [0.1, 0.15) is 52.3 Å². The summed E-state index contributed by atoms with van der Waals surface area (Å²) in [6, 6.07) is 10.7. The Balaban J connectivity index is 1.31. The van der Waals surface area contributed by atoms with Crippen LogP contribution in [0.25, 0.3) is 0 Å². The van der Waals surface area contributed by atoms with Crippen LogP contribution in [0.2, 0.25) is 0 Å². The number of nitrogens with zero attached hydrogens (tertiary/aromatic N) is 2. The number of benzene rings is 2. The first-order chi connectivity index (χ1) is 17.8. The van der Waals surface area contributed by atoms with Crippen molar-refractivity contribution in [1.82, 2.24) is 15.6 Å². The van der Waals surface area contributed by atoms with Gasteiger partial charge in [-0.05, 0) is 62.1 Å².